The Kier molecular flexibility index (Phi) is 5.69. The molecule has 9 heteroatoms. The zero-order valence-electron chi connectivity index (χ0n) is 18.4. The quantitative estimate of drug-likeness (QED) is 0.662. The van der Waals surface area contributed by atoms with Gasteiger partial charge in [0.2, 0.25) is 0 Å². The van der Waals surface area contributed by atoms with Crippen LogP contribution in [0.5, 0.6) is 6.01 Å². The topological polar surface area (TPSA) is 105 Å². The van der Waals surface area contributed by atoms with Crippen LogP contribution in [0.4, 0.5) is 11.5 Å². The fourth-order valence-corrected chi connectivity index (χ4v) is 4.07. The molecule has 1 aliphatic rings. The van der Waals surface area contributed by atoms with Crippen molar-refractivity contribution in [3.63, 3.8) is 0 Å². The van der Waals surface area contributed by atoms with E-state index in [0.717, 1.165) is 29.9 Å². The highest BCUT2D eigenvalue weighted by atomic mass is 16.5. The van der Waals surface area contributed by atoms with Gasteiger partial charge in [0.05, 0.1) is 35.8 Å². The molecule has 1 fully saturated rings. The highest BCUT2D eigenvalue weighted by Gasteiger charge is 2.25. The van der Waals surface area contributed by atoms with Gasteiger partial charge in [-0.25, -0.2) is 9.97 Å². The molecule has 0 radical (unpaired) electrons. The molecule has 3 aromatic rings. The van der Waals surface area contributed by atoms with Gasteiger partial charge in [0.25, 0.3) is 5.91 Å². The number of hydrogen-bond acceptors (Lipinski definition) is 8. The van der Waals surface area contributed by atoms with E-state index in [-0.39, 0.29) is 11.9 Å². The van der Waals surface area contributed by atoms with Gasteiger partial charge in [0.1, 0.15) is 0 Å². The second-order valence-corrected chi connectivity index (χ2v) is 8.02. The van der Waals surface area contributed by atoms with Gasteiger partial charge >= 0.3 is 6.01 Å². The van der Waals surface area contributed by atoms with Crippen LogP contribution in [0.15, 0.2) is 24.5 Å². The van der Waals surface area contributed by atoms with Crippen LogP contribution in [0.2, 0.25) is 0 Å². The summed E-state index contributed by atoms with van der Waals surface area (Å²) in [5, 5.41) is 7.21. The van der Waals surface area contributed by atoms with Crippen molar-refractivity contribution in [2.45, 2.75) is 39.8 Å². The Labute approximate surface area is 181 Å². The molecule has 0 saturated carbocycles. The zero-order valence-corrected chi connectivity index (χ0v) is 18.4. The number of carbonyl (C=O) groups excluding carboxylic acids is 1. The lowest BCUT2D eigenvalue weighted by Crippen LogP contribution is -2.54. The van der Waals surface area contributed by atoms with E-state index in [1.165, 1.54) is 7.11 Å². The van der Waals surface area contributed by atoms with Crippen LogP contribution < -0.4 is 20.3 Å². The fraction of sp³-hybridized carbons (Fsp3) is 0.409. The van der Waals surface area contributed by atoms with E-state index in [4.69, 9.17) is 4.74 Å². The van der Waals surface area contributed by atoms with Gasteiger partial charge in [-0.2, -0.15) is 4.98 Å². The van der Waals surface area contributed by atoms with Crippen molar-refractivity contribution >= 4 is 28.3 Å². The summed E-state index contributed by atoms with van der Waals surface area (Å²) in [5.74, 6) is 0.124. The summed E-state index contributed by atoms with van der Waals surface area (Å²) < 4.78 is 5.23. The molecule has 31 heavy (non-hydrogen) atoms. The molecule has 162 valence electrons. The van der Waals surface area contributed by atoms with E-state index in [9.17, 15) is 4.79 Å². The number of ether oxygens (including phenoxy) is 1. The number of nitrogens with zero attached hydrogens (tertiary/aromatic N) is 5. The second-order valence-electron chi connectivity index (χ2n) is 8.02. The number of carbonyl (C=O) groups is 1. The first-order chi connectivity index (χ1) is 14.9. The Balaban J connectivity index is 1.76. The lowest BCUT2D eigenvalue weighted by Gasteiger charge is -2.38. The minimum Gasteiger partial charge on any atom is -0.467 e. The van der Waals surface area contributed by atoms with Gasteiger partial charge in [-0.3, -0.25) is 9.78 Å². The lowest BCUT2D eigenvalue weighted by atomic mass is 10.0. The molecule has 1 unspecified atom stereocenters. The monoisotopic (exact) mass is 421 g/mol. The van der Waals surface area contributed by atoms with Gasteiger partial charge in [0, 0.05) is 42.4 Å². The van der Waals surface area contributed by atoms with Crippen molar-refractivity contribution < 1.29 is 9.53 Å². The molecule has 2 atom stereocenters. The number of piperazine rings is 1. The smallest absolute Gasteiger partial charge is 0.316 e. The van der Waals surface area contributed by atoms with Crippen LogP contribution in [-0.4, -0.2) is 58.1 Å². The van der Waals surface area contributed by atoms with Crippen LogP contribution in [-0.2, 0) is 0 Å². The largest absolute Gasteiger partial charge is 0.467 e. The molecule has 0 aliphatic carbocycles. The summed E-state index contributed by atoms with van der Waals surface area (Å²) in [6.07, 6.45) is 3.35. The maximum atomic E-state index is 13.2. The van der Waals surface area contributed by atoms with Crippen LogP contribution in [0.1, 0.15) is 35.6 Å². The molecule has 3 heterocycles. The average Bonchev–Trinajstić information content (AvgIpc) is 2.73. The lowest BCUT2D eigenvalue weighted by molar-refractivity contribution is 0.102. The zero-order chi connectivity index (χ0) is 22.1. The summed E-state index contributed by atoms with van der Waals surface area (Å²) >= 11 is 0. The predicted octanol–water partition coefficient (Wildman–Crippen LogP) is 2.48. The average molecular weight is 422 g/mol. The number of nitrogens with one attached hydrogen (secondary N) is 2. The molecule has 2 N–H and O–H groups in total. The maximum absolute atomic E-state index is 13.2. The summed E-state index contributed by atoms with van der Waals surface area (Å²) in [6, 6.07) is 4.68. The first-order valence-corrected chi connectivity index (χ1v) is 10.3. The van der Waals surface area contributed by atoms with Crippen molar-refractivity contribution in [2.75, 3.05) is 30.4 Å². The van der Waals surface area contributed by atoms with E-state index >= 15 is 0 Å². The first-order valence-electron chi connectivity index (χ1n) is 10.3. The van der Waals surface area contributed by atoms with E-state index in [1.54, 1.807) is 18.5 Å². The number of hydrogen-bond donors (Lipinski definition) is 2. The Bertz CT molecular complexity index is 1120. The van der Waals surface area contributed by atoms with E-state index in [0.29, 0.717) is 34.7 Å². The minimum atomic E-state index is -0.305. The number of methoxy groups -OCH3 is 1. The highest BCUT2D eigenvalue weighted by Crippen LogP contribution is 2.31. The Morgan fingerprint density at radius 3 is 2.55 bits per heavy atom. The number of rotatable bonds is 4. The minimum absolute atomic E-state index is 0.215. The predicted molar refractivity (Wildman–Crippen MR) is 120 cm³/mol. The van der Waals surface area contributed by atoms with Crippen LogP contribution >= 0.6 is 0 Å². The van der Waals surface area contributed by atoms with Gasteiger partial charge in [-0.1, -0.05) is 0 Å². The third-order valence-corrected chi connectivity index (χ3v) is 5.33. The maximum Gasteiger partial charge on any atom is 0.316 e. The standard InChI is InChI=1S/C22H27N7O2/c1-12-8-23-20(15(4)26-12)28-21(30)16-6-7-18(29-10-13(2)25-14(3)11-29)17-9-24-22(31-5)27-19(16)17/h6-9,13-14,25H,10-11H2,1-5H3,(H,23,28,30)/t13-,14?/m1/s1. The molecule has 0 spiro atoms. The van der Waals surface area contributed by atoms with Crippen molar-refractivity contribution in [3.05, 3.63) is 41.5 Å². The van der Waals surface area contributed by atoms with Crippen molar-refractivity contribution in [2.24, 2.45) is 0 Å². The fourth-order valence-electron chi connectivity index (χ4n) is 4.07. The highest BCUT2D eigenvalue weighted by molar-refractivity contribution is 6.13. The van der Waals surface area contributed by atoms with Crippen molar-refractivity contribution in [1.82, 2.24) is 25.3 Å². The molecular weight excluding hydrogens is 394 g/mol. The number of benzene rings is 1. The van der Waals surface area contributed by atoms with E-state index in [1.807, 2.05) is 19.9 Å². The molecule has 0 bridgehead atoms. The van der Waals surface area contributed by atoms with Crippen LogP contribution in [0, 0.1) is 13.8 Å². The molecule has 2 aromatic heterocycles. The Hall–Kier alpha value is -3.33. The number of aryl methyl sites for hydroxylation is 2. The second kappa shape index (κ2) is 8.43. The van der Waals surface area contributed by atoms with Gasteiger partial charge in [0.15, 0.2) is 5.82 Å². The van der Waals surface area contributed by atoms with Crippen LogP contribution in [0.3, 0.4) is 0 Å². The van der Waals surface area contributed by atoms with Crippen molar-refractivity contribution in [1.29, 1.82) is 0 Å². The molecule has 9 nitrogen and oxygen atoms in total. The summed E-state index contributed by atoms with van der Waals surface area (Å²) in [4.78, 5) is 32.9. The third-order valence-electron chi connectivity index (χ3n) is 5.33. The Morgan fingerprint density at radius 1 is 1.13 bits per heavy atom. The third kappa shape index (κ3) is 4.27. The van der Waals surface area contributed by atoms with Gasteiger partial charge in [-0.15, -0.1) is 0 Å². The molecule has 1 amide bonds. The van der Waals surface area contributed by atoms with Crippen LogP contribution in [0.25, 0.3) is 10.9 Å². The number of anilines is 2. The molecular formula is C22H27N7O2. The Morgan fingerprint density at radius 2 is 1.87 bits per heavy atom. The number of fused-ring (bicyclic) bond motifs is 1. The summed E-state index contributed by atoms with van der Waals surface area (Å²) in [5.41, 5.74) is 3.42. The van der Waals surface area contributed by atoms with Gasteiger partial charge < -0.3 is 20.3 Å². The number of amides is 1. The number of aromatic nitrogens is 4. The molecule has 4 rings (SSSR count). The molecule has 1 aromatic carbocycles. The molecule has 1 saturated heterocycles. The van der Waals surface area contributed by atoms with Gasteiger partial charge in [-0.05, 0) is 39.8 Å². The molecule has 1 aliphatic heterocycles. The summed E-state index contributed by atoms with van der Waals surface area (Å²) in [7, 11) is 1.51. The normalized spacial score (nSPS) is 18.8. The summed E-state index contributed by atoms with van der Waals surface area (Å²) in [6.45, 7) is 9.71. The first kappa shape index (κ1) is 20.9. The SMILES string of the molecule is COc1ncc2c(N3CC(C)N[C@H](C)C3)ccc(C(=O)Nc3ncc(C)nc3C)c2n1. The van der Waals surface area contributed by atoms with Crippen molar-refractivity contribution in [3.8, 4) is 6.01 Å². The van der Waals surface area contributed by atoms with E-state index < -0.39 is 0 Å². The van der Waals surface area contributed by atoms with E-state index in [2.05, 4.69) is 49.3 Å².